The van der Waals surface area contributed by atoms with E-state index in [1.165, 1.54) is 18.7 Å². The molecule has 3 rings (SSSR count). The summed E-state index contributed by atoms with van der Waals surface area (Å²) in [7, 11) is 0. The van der Waals surface area contributed by atoms with Crippen molar-refractivity contribution in [3.8, 4) is 11.4 Å². The van der Waals surface area contributed by atoms with Gasteiger partial charge in [-0.1, -0.05) is 45.9 Å². The Morgan fingerprint density at radius 3 is 2.52 bits per heavy atom. The Kier molecular flexibility index (Phi) is 6.08. The van der Waals surface area contributed by atoms with E-state index in [4.69, 9.17) is 0 Å². The monoisotopic (exact) mass is 444 g/mol. The molecule has 0 fully saturated rings. The number of aromatic amines is 1. The Hall–Kier alpha value is -2.45. The molecular formula is C19H17BrN4O2S. The molecule has 0 bridgehead atoms. The molecule has 27 heavy (non-hydrogen) atoms. The lowest BCUT2D eigenvalue weighted by Crippen LogP contribution is -2.22. The average molecular weight is 445 g/mol. The van der Waals surface area contributed by atoms with E-state index in [1.54, 1.807) is 31.2 Å². The van der Waals surface area contributed by atoms with E-state index in [0.717, 1.165) is 10.0 Å². The molecular weight excluding hydrogens is 428 g/mol. The first-order valence-electron chi connectivity index (χ1n) is 8.20. The van der Waals surface area contributed by atoms with Crippen molar-refractivity contribution in [1.29, 1.82) is 0 Å². The molecule has 0 saturated heterocycles. The number of carbonyl (C=O) groups is 2. The minimum Gasteiger partial charge on any atom is -0.325 e. The third kappa shape index (κ3) is 4.84. The predicted octanol–water partition coefficient (Wildman–Crippen LogP) is 4.56. The van der Waals surface area contributed by atoms with Crippen LogP contribution in [0.3, 0.4) is 0 Å². The van der Waals surface area contributed by atoms with Gasteiger partial charge >= 0.3 is 0 Å². The molecule has 1 unspecified atom stereocenters. The molecule has 138 valence electrons. The van der Waals surface area contributed by atoms with E-state index in [2.05, 4.69) is 36.4 Å². The average Bonchev–Trinajstić information content (AvgIpc) is 3.10. The number of aromatic nitrogens is 3. The highest BCUT2D eigenvalue weighted by atomic mass is 79.9. The van der Waals surface area contributed by atoms with Crippen LogP contribution in [0, 0.1) is 0 Å². The number of halogens is 1. The van der Waals surface area contributed by atoms with Crippen molar-refractivity contribution in [2.24, 2.45) is 0 Å². The molecule has 1 atom stereocenters. The maximum Gasteiger partial charge on any atom is 0.237 e. The summed E-state index contributed by atoms with van der Waals surface area (Å²) < 4.78 is 0.914. The normalized spacial score (nSPS) is 11.8. The van der Waals surface area contributed by atoms with E-state index in [1.807, 2.05) is 24.3 Å². The zero-order valence-electron chi connectivity index (χ0n) is 14.7. The number of carbonyl (C=O) groups excluding carboxylic acids is 2. The lowest BCUT2D eigenvalue weighted by atomic mass is 10.1. The summed E-state index contributed by atoms with van der Waals surface area (Å²) in [5.41, 5.74) is 2.15. The Bertz CT molecular complexity index is 972. The van der Waals surface area contributed by atoms with E-state index < -0.39 is 0 Å². The van der Waals surface area contributed by atoms with Crippen LogP contribution in [0.2, 0.25) is 0 Å². The van der Waals surface area contributed by atoms with Crippen LogP contribution in [0.1, 0.15) is 24.2 Å². The lowest BCUT2D eigenvalue weighted by Gasteiger charge is -2.10. The van der Waals surface area contributed by atoms with Gasteiger partial charge in [0.2, 0.25) is 11.1 Å². The maximum atomic E-state index is 12.4. The molecule has 0 aliphatic rings. The quantitative estimate of drug-likeness (QED) is 0.429. The SMILES string of the molecule is CC(=O)c1ccc(NC(=O)C(C)Sc2n[nH]c(-c3ccccc3Br)n2)cc1. The highest BCUT2D eigenvalue weighted by Gasteiger charge is 2.18. The number of nitrogens with one attached hydrogen (secondary N) is 2. The number of H-pyrrole nitrogens is 1. The standard InChI is InChI=1S/C19H17BrN4O2S/c1-11(25)13-7-9-14(10-8-13)21-18(26)12(2)27-19-22-17(23-24-19)15-5-3-4-6-16(15)20/h3-10,12H,1-2H3,(H,21,26)(H,22,23,24). The van der Waals surface area contributed by atoms with Gasteiger partial charge in [-0.3, -0.25) is 14.7 Å². The van der Waals surface area contributed by atoms with Gasteiger partial charge < -0.3 is 5.32 Å². The molecule has 2 N–H and O–H groups in total. The fourth-order valence-electron chi connectivity index (χ4n) is 2.32. The summed E-state index contributed by atoms with van der Waals surface area (Å²) in [6.07, 6.45) is 0. The van der Waals surface area contributed by atoms with Gasteiger partial charge in [-0.2, -0.15) is 0 Å². The zero-order valence-corrected chi connectivity index (χ0v) is 17.1. The number of Topliss-reactive ketones (excluding diaryl/α,β-unsaturated/α-hetero) is 1. The van der Waals surface area contributed by atoms with Gasteiger partial charge in [-0.05, 0) is 44.2 Å². The van der Waals surface area contributed by atoms with Crippen molar-refractivity contribution in [2.45, 2.75) is 24.3 Å². The van der Waals surface area contributed by atoms with E-state index in [9.17, 15) is 9.59 Å². The van der Waals surface area contributed by atoms with Gasteiger partial charge in [-0.15, -0.1) is 5.10 Å². The summed E-state index contributed by atoms with van der Waals surface area (Å²) in [6, 6.07) is 14.5. The van der Waals surface area contributed by atoms with Gasteiger partial charge in [-0.25, -0.2) is 4.98 Å². The van der Waals surface area contributed by atoms with Crippen LogP contribution in [0.5, 0.6) is 0 Å². The molecule has 3 aromatic rings. The second kappa shape index (κ2) is 8.49. The fraction of sp³-hybridized carbons (Fsp3) is 0.158. The minimum absolute atomic E-state index is 0.0118. The fourth-order valence-corrected chi connectivity index (χ4v) is 3.51. The van der Waals surface area contributed by atoms with Crippen molar-refractivity contribution >= 4 is 45.1 Å². The molecule has 8 heteroatoms. The number of hydrogen-bond donors (Lipinski definition) is 2. The zero-order chi connectivity index (χ0) is 19.4. The van der Waals surface area contributed by atoms with Crippen molar-refractivity contribution in [3.05, 3.63) is 58.6 Å². The summed E-state index contributed by atoms with van der Waals surface area (Å²) in [4.78, 5) is 28.2. The number of anilines is 1. The number of nitrogens with zero attached hydrogens (tertiary/aromatic N) is 2. The molecule has 0 radical (unpaired) electrons. The Morgan fingerprint density at radius 1 is 1.15 bits per heavy atom. The second-order valence-corrected chi connectivity index (χ2v) is 7.99. The van der Waals surface area contributed by atoms with Gasteiger partial charge in [0.25, 0.3) is 0 Å². The van der Waals surface area contributed by atoms with Crippen LogP contribution in [-0.2, 0) is 4.79 Å². The Labute approximate surface area is 169 Å². The van der Waals surface area contributed by atoms with Crippen LogP contribution in [-0.4, -0.2) is 32.1 Å². The first-order chi connectivity index (χ1) is 12.9. The Balaban J connectivity index is 1.63. The Morgan fingerprint density at radius 2 is 1.85 bits per heavy atom. The molecule has 0 spiro atoms. The number of ketones is 1. The van der Waals surface area contributed by atoms with Crippen molar-refractivity contribution < 1.29 is 9.59 Å². The number of thioether (sulfide) groups is 1. The molecule has 0 saturated carbocycles. The lowest BCUT2D eigenvalue weighted by molar-refractivity contribution is -0.115. The molecule has 1 aromatic heterocycles. The highest BCUT2D eigenvalue weighted by Crippen LogP contribution is 2.28. The molecule has 1 amide bonds. The summed E-state index contributed by atoms with van der Waals surface area (Å²) in [5, 5.41) is 10.0. The topological polar surface area (TPSA) is 87.7 Å². The summed E-state index contributed by atoms with van der Waals surface area (Å²) in [6.45, 7) is 3.30. The molecule has 6 nitrogen and oxygen atoms in total. The summed E-state index contributed by atoms with van der Waals surface area (Å²) >= 11 is 4.75. The van der Waals surface area contributed by atoms with Gasteiger partial charge in [0.1, 0.15) is 0 Å². The number of hydrogen-bond acceptors (Lipinski definition) is 5. The third-order valence-corrected chi connectivity index (χ3v) is 5.46. The molecule has 2 aromatic carbocycles. The highest BCUT2D eigenvalue weighted by molar-refractivity contribution is 9.10. The number of benzene rings is 2. The second-order valence-electron chi connectivity index (χ2n) is 5.83. The molecule has 0 aliphatic carbocycles. The van der Waals surface area contributed by atoms with Crippen molar-refractivity contribution in [1.82, 2.24) is 15.2 Å². The van der Waals surface area contributed by atoms with E-state index in [0.29, 0.717) is 22.2 Å². The van der Waals surface area contributed by atoms with Crippen LogP contribution < -0.4 is 5.32 Å². The van der Waals surface area contributed by atoms with Crippen molar-refractivity contribution in [3.63, 3.8) is 0 Å². The smallest absolute Gasteiger partial charge is 0.237 e. The van der Waals surface area contributed by atoms with Gasteiger partial charge in [0, 0.05) is 21.3 Å². The predicted molar refractivity (Wildman–Crippen MR) is 110 cm³/mol. The minimum atomic E-state index is -0.389. The molecule has 1 heterocycles. The van der Waals surface area contributed by atoms with E-state index in [-0.39, 0.29) is 16.9 Å². The van der Waals surface area contributed by atoms with Crippen LogP contribution in [0.15, 0.2) is 58.2 Å². The van der Waals surface area contributed by atoms with Crippen molar-refractivity contribution in [2.75, 3.05) is 5.32 Å². The number of amides is 1. The number of rotatable bonds is 6. The van der Waals surface area contributed by atoms with E-state index >= 15 is 0 Å². The largest absolute Gasteiger partial charge is 0.325 e. The molecule has 0 aliphatic heterocycles. The van der Waals surface area contributed by atoms with Crippen LogP contribution in [0.4, 0.5) is 5.69 Å². The van der Waals surface area contributed by atoms with Gasteiger partial charge in [0.05, 0.1) is 5.25 Å². The van der Waals surface area contributed by atoms with Crippen LogP contribution in [0.25, 0.3) is 11.4 Å². The third-order valence-electron chi connectivity index (χ3n) is 3.80. The van der Waals surface area contributed by atoms with Gasteiger partial charge in [0.15, 0.2) is 11.6 Å². The first kappa shape index (κ1) is 19.3. The maximum absolute atomic E-state index is 12.4. The summed E-state index contributed by atoms with van der Waals surface area (Å²) in [5.74, 6) is 0.461. The first-order valence-corrected chi connectivity index (χ1v) is 9.87. The van der Waals surface area contributed by atoms with Crippen LogP contribution >= 0.6 is 27.7 Å².